The van der Waals surface area contributed by atoms with E-state index in [4.69, 9.17) is 4.74 Å². The number of piperidine rings is 1. The van der Waals surface area contributed by atoms with Gasteiger partial charge in [0.15, 0.2) is 6.04 Å². The van der Waals surface area contributed by atoms with Crippen LogP contribution in [-0.2, 0) is 9.53 Å². The summed E-state index contributed by atoms with van der Waals surface area (Å²) in [5, 5.41) is 7.03. The number of rotatable bonds is 4. The van der Waals surface area contributed by atoms with Gasteiger partial charge in [0.1, 0.15) is 11.4 Å². The van der Waals surface area contributed by atoms with Crippen molar-refractivity contribution in [3.8, 4) is 0 Å². The van der Waals surface area contributed by atoms with Gasteiger partial charge in [-0.15, -0.1) is 0 Å². The monoisotopic (exact) mass is 450 g/mol. The van der Waals surface area contributed by atoms with Crippen molar-refractivity contribution in [3.05, 3.63) is 47.7 Å². The van der Waals surface area contributed by atoms with Crippen molar-refractivity contribution in [2.24, 2.45) is 5.92 Å². The molecule has 2 aromatic rings. The number of likely N-dealkylation sites (tertiary alicyclic amines) is 1. The molecule has 10 heteroatoms. The lowest BCUT2D eigenvalue weighted by molar-refractivity contribution is -0.173. The predicted molar refractivity (Wildman–Crippen MR) is 110 cm³/mol. The molecule has 1 N–H and O–H groups in total. The molecule has 4 rings (SSSR count). The molecule has 0 bridgehead atoms. The number of aromatic nitrogens is 2. The highest BCUT2D eigenvalue weighted by atomic mass is 19.4. The van der Waals surface area contributed by atoms with Gasteiger partial charge in [0.2, 0.25) is 0 Å². The van der Waals surface area contributed by atoms with E-state index in [0.29, 0.717) is 24.9 Å². The van der Waals surface area contributed by atoms with E-state index in [9.17, 15) is 22.8 Å². The second kappa shape index (κ2) is 8.84. The molecule has 2 aliphatic heterocycles. The summed E-state index contributed by atoms with van der Waals surface area (Å²) >= 11 is 0. The molecule has 1 aromatic heterocycles. The first-order valence-corrected chi connectivity index (χ1v) is 10.7. The number of carbonyl (C=O) groups is 2. The average Bonchev–Trinajstić information content (AvgIpc) is 3.22. The molecule has 1 fully saturated rings. The average molecular weight is 450 g/mol. The first-order valence-electron chi connectivity index (χ1n) is 10.7. The van der Waals surface area contributed by atoms with E-state index in [1.807, 2.05) is 0 Å². The summed E-state index contributed by atoms with van der Waals surface area (Å²) in [7, 11) is 0. The standard InChI is InChI=1S/C22H25F3N4O3/c1-2-32-21(31)15-9-6-10-28(13-15)20(30)16-12-26-29-18(22(23,24)25)11-17(27-19(16)29)14-7-4-3-5-8-14/h3-5,7-8,12,15,17-18,27H,2,6,9-11,13H2,1H3/t15-,17-,18-/m1/s1. The molecule has 1 amide bonds. The van der Waals surface area contributed by atoms with Crippen molar-refractivity contribution in [3.63, 3.8) is 0 Å². The van der Waals surface area contributed by atoms with Crippen molar-refractivity contribution in [1.82, 2.24) is 14.7 Å². The van der Waals surface area contributed by atoms with Gasteiger partial charge in [0, 0.05) is 19.5 Å². The minimum absolute atomic E-state index is 0.0516. The fourth-order valence-electron chi connectivity index (χ4n) is 4.41. The van der Waals surface area contributed by atoms with Crippen LogP contribution in [0.4, 0.5) is 19.0 Å². The number of carbonyl (C=O) groups excluding carboxylic acids is 2. The lowest BCUT2D eigenvalue weighted by Gasteiger charge is -2.35. The Morgan fingerprint density at radius 2 is 2.00 bits per heavy atom. The molecule has 32 heavy (non-hydrogen) atoms. The Hall–Kier alpha value is -3.04. The Balaban J connectivity index is 1.63. The second-order valence-electron chi connectivity index (χ2n) is 8.09. The van der Waals surface area contributed by atoms with Gasteiger partial charge in [0.05, 0.1) is 24.8 Å². The van der Waals surface area contributed by atoms with E-state index in [2.05, 4.69) is 10.4 Å². The molecular weight excluding hydrogens is 425 g/mol. The Morgan fingerprint density at radius 1 is 1.25 bits per heavy atom. The van der Waals surface area contributed by atoms with E-state index in [0.717, 1.165) is 4.68 Å². The van der Waals surface area contributed by atoms with Crippen molar-refractivity contribution in [2.75, 3.05) is 25.0 Å². The highest BCUT2D eigenvalue weighted by Crippen LogP contribution is 2.44. The Labute approximate surface area is 183 Å². The highest BCUT2D eigenvalue weighted by Gasteiger charge is 2.47. The van der Waals surface area contributed by atoms with Crippen molar-refractivity contribution in [2.45, 2.75) is 44.4 Å². The summed E-state index contributed by atoms with van der Waals surface area (Å²) in [6.45, 7) is 2.57. The number of hydrogen-bond acceptors (Lipinski definition) is 5. The van der Waals surface area contributed by atoms with Crippen LogP contribution in [0, 0.1) is 5.92 Å². The number of alkyl halides is 3. The summed E-state index contributed by atoms with van der Waals surface area (Å²) in [6, 6.07) is 6.37. The second-order valence-corrected chi connectivity index (χ2v) is 8.09. The lowest BCUT2D eigenvalue weighted by Crippen LogP contribution is -2.43. The number of fused-ring (bicyclic) bond motifs is 1. The van der Waals surface area contributed by atoms with Crippen LogP contribution in [0.3, 0.4) is 0 Å². The quantitative estimate of drug-likeness (QED) is 0.714. The summed E-state index contributed by atoms with van der Waals surface area (Å²) in [5.41, 5.74) is 0.775. The molecule has 172 valence electrons. The van der Waals surface area contributed by atoms with E-state index in [1.165, 1.54) is 11.1 Å². The van der Waals surface area contributed by atoms with Crippen LogP contribution >= 0.6 is 0 Å². The molecule has 7 nitrogen and oxygen atoms in total. The van der Waals surface area contributed by atoms with Gasteiger partial charge < -0.3 is 15.0 Å². The van der Waals surface area contributed by atoms with Crippen molar-refractivity contribution >= 4 is 17.7 Å². The van der Waals surface area contributed by atoms with Gasteiger partial charge >= 0.3 is 12.1 Å². The van der Waals surface area contributed by atoms with Gasteiger partial charge in [-0.05, 0) is 25.3 Å². The molecule has 0 aliphatic carbocycles. The first-order chi connectivity index (χ1) is 15.3. The number of nitrogens with one attached hydrogen (secondary N) is 1. The summed E-state index contributed by atoms with van der Waals surface area (Å²) in [5.74, 6) is -1.19. The largest absolute Gasteiger partial charge is 0.466 e. The third kappa shape index (κ3) is 4.31. The SMILES string of the molecule is CCOC(=O)[C@@H]1CCCN(C(=O)c2cnn3c2N[C@@H](c2ccccc2)C[C@@H]3C(F)(F)F)C1. The van der Waals surface area contributed by atoms with Gasteiger partial charge in [-0.1, -0.05) is 30.3 Å². The summed E-state index contributed by atoms with van der Waals surface area (Å²) in [4.78, 5) is 26.9. The third-order valence-corrected chi connectivity index (χ3v) is 6.00. The fourth-order valence-corrected chi connectivity index (χ4v) is 4.41. The van der Waals surface area contributed by atoms with Gasteiger partial charge in [-0.25, -0.2) is 4.68 Å². The van der Waals surface area contributed by atoms with E-state index >= 15 is 0 Å². The number of anilines is 1. The number of nitrogens with zero attached hydrogens (tertiary/aromatic N) is 3. The van der Waals surface area contributed by atoms with Crippen LogP contribution in [0.15, 0.2) is 36.5 Å². The van der Waals surface area contributed by atoms with Crippen LogP contribution in [-0.4, -0.2) is 52.4 Å². The number of ether oxygens (including phenoxy) is 1. The molecule has 0 radical (unpaired) electrons. The van der Waals surface area contributed by atoms with E-state index < -0.39 is 30.1 Å². The number of amides is 1. The van der Waals surface area contributed by atoms with E-state index in [1.54, 1.807) is 37.3 Å². The Morgan fingerprint density at radius 3 is 2.69 bits per heavy atom. The van der Waals surface area contributed by atoms with Gasteiger partial charge in [-0.3, -0.25) is 9.59 Å². The zero-order valence-electron chi connectivity index (χ0n) is 17.6. The normalized spacial score (nSPS) is 23.2. The molecule has 0 saturated carbocycles. The Bertz CT molecular complexity index is 977. The third-order valence-electron chi connectivity index (χ3n) is 6.00. The summed E-state index contributed by atoms with van der Waals surface area (Å²) < 4.78 is 47.5. The number of esters is 1. The maximum Gasteiger partial charge on any atom is 0.410 e. The number of halogens is 3. The fraction of sp³-hybridized carbons (Fsp3) is 0.500. The highest BCUT2D eigenvalue weighted by molar-refractivity contribution is 5.99. The molecular formula is C22H25F3N4O3. The molecule has 2 aliphatic rings. The zero-order chi connectivity index (χ0) is 22.9. The molecule has 0 unspecified atom stereocenters. The van der Waals surface area contributed by atoms with Gasteiger partial charge in [-0.2, -0.15) is 18.3 Å². The van der Waals surface area contributed by atoms with Crippen LogP contribution in [0.25, 0.3) is 0 Å². The van der Waals surface area contributed by atoms with Crippen molar-refractivity contribution < 1.29 is 27.5 Å². The predicted octanol–water partition coefficient (Wildman–Crippen LogP) is 3.96. The van der Waals surface area contributed by atoms with Gasteiger partial charge in [0.25, 0.3) is 5.91 Å². The maximum absolute atomic E-state index is 13.9. The first kappa shape index (κ1) is 22.2. The smallest absolute Gasteiger partial charge is 0.410 e. The minimum atomic E-state index is -4.52. The lowest BCUT2D eigenvalue weighted by atomic mass is 9.96. The Kier molecular flexibility index (Phi) is 6.12. The zero-order valence-corrected chi connectivity index (χ0v) is 17.6. The van der Waals surface area contributed by atoms with Crippen molar-refractivity contribution in [1.29, 1.82) is 0 Å². The van der Waals surface area contributed by atoms with Crippen LogP contribution < -0.4 is 5.32 Å². The molecule has 1 aromatic carbocycles. The topological polar surface area (TPSA) is 76.5 Å². The minimum Gasteiger partial charge on any atom is -0.466 e. The molecule has 1 saturated heterocycles. The van der Waals surface area contributed by atoms with Crippen LogP contribution in [0.1, 0.15) is 54.2 Å². The van der Waals surface area contributed by atoms with Crippen LogP contribution in [0.2, 0.25) is 0 Å². The number of hydrogen-bond donors (Lipinski definition) is 1. The maximum atomic E-state index is 13.9. The molecule has 3 heterocycles. The van der Waals surface area contributed by atoms with E-state index in [-0.39, 0.29) is 36.9 Å². The van der Waals surface area contributed by atoms with Crippen LogP contribution in [0.5, 0.6) is 0 Å². The summed E-state index contributed by atoms with van der Waals surface area (Å²) in [6.07, 6.45) is -2.34. The molecule has 3 atom stereocenters. The molecule has 0 spiro atoms. The number of benzene rings is 1.